The number of hydrogen-bond acceptors (Lipinski definition) is 3. The molecule has 0 spiro atoms. The smallest absolute Gasteiger partial charge is 0.125 e. The van der Waals surface area contributed by atoms with Crippen LogP contribution in [0, 0.1) is 17.1 Å². The second-order valence-electron chi connectivity index (χ2n) is 3.28. The Kier molecular flexibility index (Phi) is 2.52. The molecule has 3 nitrogen and oxygen atoms in total. The van der Waals surface area contributed by atoms with Crippen LogP contribution in [0.1, 0.15) is 5.56 Å². The number of hydrogen-bond donors (Lipinski definition) is 1. The molecule has 2 N–H and O–H groups in total. The molecule has 0 aliphatic heterocycles. The molecule has 0 fully saturated rings. The molecule has 4 heteroatoms. The third kappa shape index (κ3) is 1.98. The Morgan fingerprint density at radius 3 is 2.50 bits per heavy atom. The van der Waals surface area contributed by atoms with Crippen LogP contribution in [0.5, 0.6) is 0 Å². The minimum atomic E-state index is -0.312. The monoisotopic (exact) mass is 213 g/mol. The van der Waals surface area contributed by atoms with Crippen molar-refractivity contribution < 1.29 is 4.39 Å². The Morgan fingerprint density at radius 1 is 1.19 bits per heavy atom. The second kappa shape index (κ2) is 3.99. The van der Waals surface area contributed by atoms with E-state index in [1.54, 1.807) is 18.2 Å². The van der Waals surface area contributed by atoms with E-state index in [-0.39, 0.29) is 11.6 Å². The summed E-state index contributed by atoms with van der Waals surface area (Å²) in [6.07, 6.45) is 0. The van der Waals surface area contributed by atoms with Crippen molar-refractivity contribution in [3.05, 3.63) is 47.8 Å². The number of aromatic nitrogens is 1. The third-order valence-electron chi connectivity index (χ3n) is 2.11. The normalized spacial score (nSPS) is 9.75. The molecule has 0 amide bonds. The van der Waals surface area contributed by atoms with Crippen molar-refractivity contribution in [2.24, 2.45) is 0 Å². The summed E-state index contributed by atoms with van der Waals surface area (Å²) in [4.78, 5) is 4.09. The first-order valence-electron chi connectivity index (χ1n) is 4.62. The predicted molar refractivity (Wildman–Crippen MR) is 58.8 cm³/mol. The van der Waals surface area contributed by atoms with Gasteiger partial charge in [0.25, 0.3) is 0 Å². The molecule has 2 rings (SSSR count). The van der Waals surface area contributed by atoms with Gasteiger partial charge in [0, 0.05) is 5.56 Å². The van der Waals surface area contributed by atoms with E-state index in [9.17, 15) is 4.39 Å². The zero-order valence-corrected chi connectivity index (χ0v) is 8.31. The van der Waals surface area contributed by atoms with Gasteiger partial charge in [-0.1, -0.05) is 0 Å². The van der Waals surface area contributed by atoms with Gasteiger partial charge in [0.05, 0.1) is 17.3 Å². The number of nitrogen functional groups attached to an aromatic ring is 1. The quantitative estimate of drug-likeness (QED) is 0.790. The van der Waals surface area contributed by atoms with Crippen molar-refractivity contribution in [2.75, 3.05) is 5.73 Å². The summed E-state index contributed by atoms with van der Waals surface area (Å²) in [5.41, 5.74) is 7.30. The van der Waals surface area contributed by atoms with Crippen molar-refractivity contribution in [3.63, 3.8) is 0 Å². The highest BCUT2D eigenvalue weighted by Gasteiger charge is 2.03. The Bertz CT molecular complexity index is 555. The molecule has 0 saturated carbocycles. The van der Waals surface area contributed by atoms with E-state index < -0.39 is 0 Å². The van der Waals surface area contributed by atoms with Gasteiger partial charge in [-0.3, -0.25) is 0 Å². The number of nitriles is 1. The van der Waals surface area contributed by atoms with E-state index >= 15 is 0 Å². The minimum absolute atomic E-state index is 0.276. The Labute approximate surface area is 92.0 Å². The standard InChI is InChI=1S/C12H8FN3/c13-10-3-1-9(2-4-10)11-5-8(7-14)6-12(15)16-11/h1-6H,(H2,15,16). The first kappa shape index (κ1) is 10.1. The van der Waals surface area contributed by atoms with Crippen molar-refractivity contribution in [1.29, 1.82) is 5.26 Å². The number of benzene rings is 1. The molecule has 16 heavy (non-hydrogen) atoms. The fourth-order valence-electron chi connectivity index (χ4n) is 1.38. The Balaban J connectivity index is 2.52. The average Bonchev–Trinajstić information content (AvgIpc) is 2.29. The molecule has 1 aromatic carbocycles. The fourth-order valence-corrected chi connectivity index (χ4v) is 1.38. The van der Waals surface area contributed by atoms with E-state index in [1.807, 2.05) is 6.07 Å². The van der Waals surface area contributed by atoms with Gasteiger partial charge in [0.1, 0.15) is 11.6 Å². The number of halogens is 1. The maximum atomic E-state index is 12.7. The van der Waals surface area contributed by atoms with Crippen molar-refractivity contribution >= 4 is 5.82 Å². The number of pyridine rings is 1. The van der Waals surface area contributed by atoms with Crippen molar-refractivity contribution in [1.82, 2.24) is 4.98 Å². The van der Waals surface area contributed by atoms with Crippen LogP contribution in [-0.4, -0.2) is 4.98 Å². The largest absolute Gasteiger partial charge is 0.384 e. The summed E-state index contributed by atoms with van der Waals surface area (Å²) in [5, 5.41) is 8.78. The highest BCUT2D eigenvalue weighted by molar-refractivity contribution is 5.63. The van der Waals surface area contributed by atoms with Gasteiger partial charge in [0.15, 0.2) is 0 Å². The van der Waals surface area contributed by atoms with Gasteiger partial charge in [0.2, 0.25) is 0 Å². The van der Waals surface area contributed by atoms with Gasteiger partial charge in [-0.25, -0.2) is 9.37 Å². The molecule has 0 saturated heterocycles. The Hall–Kier alpha value is -2.41. The molecule has 78 valence electrons. The molecule has 0 atom stereocenters. The molecule has 0 aliphatic carbocycles. The van der Waals surface area contributed by atoms with E-state index in [1.165, 1.54) is 18.2 Å². The molecule has 0 bridgehead atoms. The predicted octanol–water partition coefficient (Wildman–Crippen LogP) is 2.34. The molecular formula is C12H8FN3. The van der Waals surface area contributed by atoms with E-state index in [0.717, 1.165) is 5.56 Å². The molecule has 0 aliphatic rings. The van der Waals surface area contributed by atoms with Crippen LogP contribution in [0.2, 0.25) is 0 Å². The van der Waals surface area contributed by atoms with Crippen LogP contribution in [0.4, 0.5) is 10.2 Å². The number of nitrogens with zero attached hydrogens (tertiary/aromatic N) is 2. The Morgan fingerprint density at radius 2 is 1.88 bits per heavy atom. The van der Waals surface area contributed by atoms with Crippen molar-refractivity contribution in [2.45, 2.75) is 0 Å². The van der Waals surface area contributed by atoms with Crippen LogP contribution >= 0.6 is 0 Å². The zero-order chi connectivity index (χ0) is 11.5. The van der Waals surface area contributed by atoms with Crippen LogP contribution in [-0.2, 0) is 0 Å². The number of nitrogens with two attached hydrogens (primary N) is 1. The first-order valence-corrected chi connectivity index (χ1v) is 4.62. The lowest BCUT2D eigenvalue weighted by molar-refractivity contribution is 0.628. The molecule has 1 heterocycles. The van der Waals surface area contributed by atoms with E-state index in [2.05, 4.69) is 4.98 Å². The highest BCUT2D eigenvalue weighted by atomic mass is 19.1. The summed E-state index contributed by atoms with van der Waals surface area (Å²) < 4.78 is 12.7. The molecular weight excluding hydrogens is 205 g/mol. The maximum absolute atomic E-state index is 12.7. The zero-order valence-electron chi connectivity index (χ0n) is 8.31. The lowest BCUT2D eigenvalue weighted by Gasteiger charge is -2.02. The van der Waals surface area contributed by atoms with Gasteiger partial charge < -0.3 is 5.73 Å². The maximum Gasteiger partial charge on any atom is 0.125 e. The van der Waals surface area contributed by atoms with Gasteiger partial charge >= 0.3 is 0 Å². The number of rotatable bonds is 1. The second-order valence-corrected chi connectivity index (χ2v) is 3.28. The summed E-state index contributed by atoms with van der Waals surface area (Å²) in [6.45, 7) is 0. The van der Waals surface area contributed by atoms with E-state index in [0.29, 0.717) is 11.3 Å². The fraction of sp³-hybridized carbons (Fsp3) is 0. The highest BCUT2D eigenvalue weighted by Crippen LogP contribution is 2.20. The summed E-state index contributed by atoms with van der Waals surface area (Å²) in [6, 6.07) is 11.0. The number of anilines is 1. The van der Waals surface area contributed by atoms with Gasteiger partial charge in [-0.15, -0.1) is 0 Å². The van der Waals surface area contributed by atoms with Gasteiger partial charge in [-0.2, -0.15) is 5.26 Å². The summed E-state index contributed by atoms with van der Waals surface area (Å²) in [7, 11) is 0. The lowest BCUT2D eigenvalue weighted by Crippen LogP contribution is -1.94. The topological polar surface area (TPSA) is 62.7 Å². The van der Waals surface area contributed by atoms with Crippen molar-refractivity contribution in [3.8, 4) is 17.3 Å². The first-order chi connectivity index (χ1) is 7.69. The molecule has 0 radical (unpaired) electrons. The van der Waals surface area contributed by atoms with Crippen LogP contribution in [0.25, 0.3) is 11.3 Å². The summed E-state index contributed by atoms with van der Waals surface area (Å²) in [5.74, 6) is -0.0356. The lowest BCUT2D eigenvalue weighted by atomic mass is 10.1. The molecule has 2 aromatic rings. The van der Waals surface area contributed by atoms with E-state index in [4.69, 9.17) is 11.0 Å². The molecule has 1 aromatic heterocycles. The van der Waals surface area contributed by atoms with Crippen LogP contribution in [0.3, 0.4) is 0 Å². The van der Waals surface area contributed by atoms with Crippen LogP contribution < -0.4 is 5.73 Å². The summed E-state index contributed by atoms with van der Waals surface area (Å²) >= 11 is 0. The van der Waals surface area contributed by atoms with Gasteiger partial charge in [-0.05, 0) is 36.4 Å². The average molecular weight is 213 g/mol. The minimum Gasteiger partial charge on any atom is -0.384 e. The SMILES string of the molecule is N#Cc1cc(N)nc(-c2ccc(F)cc2)c1. The van der Waals surface area contributed by atoms with Crippen LogP contribution in [0.15, 0.2) is 36.4 Å². The third-order valence-corrected chi connectivity index (χ3v) is 2.11. The molecule has 0 unspecified atom stereocenters.